The number of amides is 1. The van der Waals surface area contributed by atoms with Crippen LogP contribution >= 0.6 is 11.3 Å². The highest BCUT2D eigenvalue weighted by molar-refractivity contribution is 7.10. The van der Waals surface area contributed by atoms with Gasteiger partial charge in [0.05, 0.1) is 5.69 Å². The standard InChI is InChI=1S/C16H18N2O4S/c1-3-12-15(10(2)22-17-12)16(20)21-9-14(19)18-6-4-13-11(8-18)5-7-23-13/h5,7H,3-4,6,8-9H2,1-2H3. The molecule has 2 aromatic heterocycles. The predicted octanol–water partition coefficient (Wildman–Crippen LogP) is 2.35. The molecule has 3 rings (SSSR count). The summed E-state index contributed by atoms with van der Waals surface area (Å²) in [6.45, 7) is 4.53. The zero-order valence-corrected chi connectivity index (χ0v) is 13.9. The third-order valence-corrected chi connectivity index (χ3v) is 4.98. The van der Waals surface area contributed by atoms with Crippen LogP contribution in [-0.2, 0) is 28.9 Å². The molecule has 1 aliphatic rings. The molecule has 0 N–H and O–H groups in total. The summed E-state index contributed by atoms with van der Waals surface area (Å²) in [4.78, 5) is 27.5. The Morgan fingerprint density at radius 3 is 3.09 bits per heavy atom. The summed E-state index contributed by atoms with van der Waals surface area (Å²) in [5.74, 6) is -0.315. The first-order valence-corrected chi connectivity index (χ1v) is 8.43. The van der Waals surface area contributed by atoms with Crippen molar-refractivity contribution >= 4 is 23.2 Å². The van der Waals surface area contributed by atoms with Gasteiger partial charge < -0.3 is 14.2 Å². The Kier molecular flexibility index (Phi) is 4.47. The maximum absolute atomic E-state index is 12.3. The van der Waals surface area contributed by atoms with Crippen LogP contribution in [0.2, 0.25) is 0 Å². The smallest absolute Gasteiger partial charge is 0.344 e. The van der Waals surface area contributed by atoms with Crippen LogP contribution in [0.25, 0.3) is 0 Å². The van der Waals surface area contributed by atoms with E-state index in [9.17, 15) is 9.59 Å². The second-order valence-electron chi connectivity index (χ2n) is 5.42. The molecule has 0 bridgehead atoms. The van der Waals surface area contributed by atoms with E-state index in [1.54, 1.807) is 23.2 Å². The molecular weight excluding hydrogens is 316 g/mol. The van der Waals surface area contributed by atoms with Crippen molar-refractivity contribution in [2.24, 2.45) is 0 Å². The van der Waals surface area contributed by atoms with E-state index in [4.69, 9.17) is 9.26 Å². The number of aromatic nitrogens is 1. The van der Waals surface area contributed by atoms with Gasteiger partial charge >= 0.3 is 5.97 Å². The number of esters is 1. The van der Waals surface area contributed by atoms with E-state index in [1.807, 2.05) is 18.4 Å². The molecule has 3 heterocycles. The van der Waals surface area contributed by atoms with Crippen LogP contribution in [0.5, 0.6) is 0 Å². The normalized spacial score (nSPS) is 13.7. The van der Waals surface area contributed by atoms with Crippen LogP contribution in [0, 0.1) is 6.92 Å². The number of aryl methyl sites for hydroxylation is 2. The summed E-state index contributed by atoms with van der Waals surface area (Å²) in [6.07, 6.45) is 1.43. The van der Waals surface area contributed by atoms with E-state index in [0.29, 0.717) is 36.5 Å². The molecule has 0 atom stereocenters. The fourth-order valence-corrected chi connectivity index (χ4v) is 3.56. The number of carbonyl (C=O) groups excluding carboxylic acids is 2. The van der Waals surface area contributed by atoms with Gasteiger partial charge in [0.1, 0.15) is 11.3 Å². The first kappa shape index (κ1) is 15.7. The SMILES string of the molecule is CCc1noc(C)c1C(=O)OCC(=O)N1CCc2sccc2C1. The lowest BCUT2D eigenvalue weighted by molar-refractivity contribution is -0.135. The lowest BCUT2D eigenvalue weighted by atomic mass is 10.1. The van der Waals surface area contributed by atoms with Crippen molar-refractivity contribution in [3.05, 3.63) is 38.9 Å². The van der Waals surface area contributed by atoms with E-state index >= 15 is 0 Å². The zero-order valence-electron chi connectivity index (χ0n) is 13.1. The first-order valence-electron chi connectivity index (χ1n) is 7.55. The molecule has 0 aliphatic carbocycles. The topological polar surface area (TPSA) is 72.6 Å². The van der Waals surface area contributed by atoms with Crippen molar-refractivity contribution in [2.75, 3.05) is 13.2 Å². The van der Waals surface area contributed by atoms with Gasteiger partial charge in [0.2, 0.25) is 0 Å². The Hall–Kier alpha value is -2.15. The van der Waals surface area contributed by atoms with Crippen LogP contribution in [0.15, 0.2) is 16.0 Å². The highest BCUT2D eigenvalue weighted by Gasteiger charge is 2.25. The molecule has 7 heteroatoms. The van der Waals surface area contributed by atoms with Gasteiger partial charge in [-0.15, -0.1) is 11.3 Å². The lowest BCUT2D eigenvalue weighted by Crippen LogP contribution is -2.38. The van der Waals surface area contributed by atoms with Crippen molar-refractivity contribution in [3.8, 4) is 0 Å². The molecule has 0 saturated carbocycles. The summed E-state index contributed by atoms with van der Waals surface area (Å²) in [6, 6.07) is 2.04. The summed E-state index contributed by atoms with van der Waals surface area (Å²) in [5, 5.41) is 5.86. The second-order valence-corrected chi connectivity index (χ2v) is 6.43. The Morgan fingerprint density at radius 1 is 1.48 bits per heavy atom. The van der Waals surface area contributed by atoms with E-state index in [-0.39, 0.29) is 12.5 Å². The van der Waals surface area contributed by atoms with Gasteiger partial charge in [-0.25, -0.2) is 4.79 Å². The fourth-order valence-electron chi connectivity index (χ4n) is 2.67. The predicted molar refractivity (Wildman–Crippen MR) is 84.3 cm³/mol. The van der Waals surface area contributed by atoms with E-state index in [1.165, 1.54) is 10.4 Å². The van der Waals surface area contributed by atoms with Crippen molar-refractivity contribution in [1.29, 1.82) is 0 Å². The molecule has 6 nitrogen and oxygen atoms in total. The van der Waals surface area contributed by atoms with Gasteiger partial charge in [-0.05, 0) is 36.8 Å². The molecule has 0 radical (unpaired) electrons. The van der Waals surface area contributed by atoms with Crippen molar-refractivity contribution in [1.82, 2.24) is 10.1 Å². The maximum Gasteiger partial charge on any atom is 0.344 e. The Labute approximate surface area is 138 Å². The summed E-state index contributed by atoms with van der Waals surface area (Å²) in [5.41, 5.74) is 2.07. The maximum atomic E-state index is 12.3. The molecule has 0 spiro atoms. The monoisotopic (exact) mass is 334 g/mol. The molecule has 2 aromatic rings. The number of hydrogen-bond acceptors (Lipinski definition) is 6. The largest absolute Gasteiger partial charge is 0.452 e. The molecule has 0 fully saturated rings. The van der Waals surface area contributed by atoms with Gasteiger partial charge in [-0.3, -0.25) is 4.79 Å². The summed E-state index contributed by atoms with van der Waals surface area (Å²) in [7, 11) is 0. The summed E-state index contributed by atoms with van der Waals surface area (Å²) < 4.78 is 10.2. The third-order valence-electron chi connectivity index (χ3n) is 3.96. The molecular formula is C16H18N2O4S. The molecule has 0 saturated heterocycles. The number of ether oxygens (including phenoxy) is 1. The number of carbonyl (C=O) groups is 2. The fraction of sp³-hybridized carbons (Fsp3) is 0.438. The van der Waals surface area contributed by atoms with Crippen LogP contribution in [0.4, 0.5) is 0 Å². The third kappa shape index (κ3) is 3.14. The number of nitrogens with zero attached hydrogens (tertiary/aromatic N) is 2. The zero-order chi connectivity index (χ0) is 16.4. The minimum Gasteiger partial charge on any atom is -0.452 e. The summed E-state index contributed by atoms with van der Waals surface area (Å²) >= 11 is 1.72. The van der Waals surface area contributed by atoms with Gasteiger partial charge in [0.25, 0.3) is 5.91 Å². The number of hydrogen-bond donors (Lipinski definition) is 0. The van der Waals surface area contributed by atoms with Crippen LogP contribution < -0.4 is 0 Å². The van der Waals surface area contributed by atoms with E-state index in [0.717, 1.165) is 6.42 Å². The van der Waals surface area contributed by atoms with Gasteiger partial charge in [0.15, 0.2) is 6.61 Å². The first-order chi connectivity index (χ1) is 11.1. The van der Waals surface area contributed by atoms with E-state index in [2.05, 4.69) is 5.16 Å². The Balaban J connectivity index is 1.59. The van der Waals surface area contributed by atoms with Crippen LogP contribution in [0.3, 0.4) is 0 Å². The van der Waals surface area contributed by atoms with Gasteiger partial charge in [0, 0.05) is 18.0 Å². The molecule has 1 aliphatic heterocycles. The Bertz CT molecular complexity index is 734. The number of rotatable bonds is 4. The Morgan fingerprint density at radius 2 is 2.30 bits per heavy atom. The quantitative estimate of drug-likeness (QED) is 0.803. The van der Waals surface area contributed by atoms with Gasteiger partial charge in [-0.2, -0.15) is 0 Å². The molecule has 0 aromatic carbocycles. The van der Waals surface area contributed by atoms with Crippen molar-refractivity contribution < 1.29 is 18.8 Å². The minimum atomic E-state index is -0.554. The number of fused-ring (bicyclic) bond motifs is 1. The van der Waals surface area contributed by atoms with Crippen molar-refractivity contribution in [3.63, 3.8) is 0 Å². The average molecular weight is 334 g/mol. The van der Waals surface area contributed by atoms with Crippen LogP contribution in [0.1, 0.15) is 39.2 Å². The van der Waals surface area contributed by atoms with Gasteiger partial charge in [-0.1, -0.05) is 12.1 Å². The highest BCUT2D eigenvalue weighted by atomic mass is 32.1. The minimum absolute atomic E-state index is 0.178. The second kappa shape index (κ2) is 6.54. The molecule has 0 unspecified atom stereocenters. The number of thiophene rings is 1. The molecule has 23 heavy (non-hydrogen) atoms. The molecule has 1 amide bonds. The highest BCUT2D eigenvalue weighted by Crippen LogP contribution is 2.24. The lowest BCUT2D eigenvalue weighted by Gasteiger charge is -2.26. The molecule has 122 valence electrons. The average Bonchev–Trinajstić information content (AvgIpc) is 3.17. The van der Waals surface area contributed by atoms with Crippen molar-refractivity contribution in [2.45, 2.75) is 33.2 Å². The van der Waals surface area contributed by atoms with E-state index < -0.39 is 5.97 Å². The van der Waals surface area contributed by atoms with Crippen LogP contribution in [-0.4, -0.2) is 35.1 Å².